The highest BCUT2D eigenvalue weighted by Crippen LogP contribution is 2.25. The van der Waals surface area contributed by atoms with Gasteiger partial charge in [0.25, 0.3) is 11.8 Å². The van der Waals surface area contributed by atoms with Crippen LogP contribution in [0, 0.1) is 13.8 Å². The van der Waals surface area contributed by atoms with Gasteiger partial charge in [-0.2, -0.15) is 5.10 Å². The number of benzene rings is 2. The van der Waals surface area contributed by atoms with Crippen LogP contribution in [0.25, 0.3) is 5.65 Å². The molecule has 1 atom stereocenters. The van der Waals surface area contributed by atoms with Crippen LogP contribution < -0.4 is 10.6 Å². The quantitative estimate of drug-likeness (QED) is 0.381. The van der Waals surface area contributed by atoms with Gasteiger partial charge in [0.2, 0.25) is 0 Å². The van der Waals surface area contributed by atoms with Crippen LogP contribution >= 0.6 is 23.2 Å². The van der Waals surface area contributed by atoms with Crippen LogP contribution in [0.3, 0.4) is 0 Å². The summed E-state index contributed by atoms with van der Waals surface area (Å²) in [5, 5.41) is 10.8. The maximum absolute atomic E-state index is 12.8. The van der Waals surface area contributed by atoms with Gasteiger partial charge in [0.1, 0.15) is 0 Å². The van der Waals surface area contributed by atoms with Gasteiger partial charge in [-0.1, -0.05) is 41.4 Å². The maximum Gasteiger partial charge on any atom is 0.258 e. The van der Waals surface area contributed by atoms with E-state index in [9.17, 15) is 9.59 Å². The van der Waals surface area contributed by atoms with Gasteiger partial charge in [0.05, 0.1) is 32.6 Å². The lowest BCUT2D eigenvalue weighted by atomic mass is 10.1. The van der Waals surface area contributed by atoms with E-state index in [0.29, 0.717) is 33.4 Å². The molecule has 0 radical (unpaired) electrons. The highest BCUT2D eigenvalue weighted by Gasteiger charge is 2.17. The Hall–Kier alpha value is -3.42. The SMILES string of the molecule is Cc1cc2ncc(C(=O)NC(C)Cc3ccc(NC(=O)c4c(Cl)cccc4Cl)cc3)c(C)n2n1. The molecule has 2 aromatic heterocycles. The number of aryl methyl sites for hydroxylation is 2. The summed E-state index contributed by atoms with van der Waals surface area (Å²) in [5.74, 6) is -0.578. The van der Waals surface area contributed by atoms with Gasteiger partial charge in [0.15, 0.2) is 5.65 Å². The van der Waals surface area contributed by atoms with Gasteiger partial charge in [-0.05, 0) is 57.0 Å². The van der Waals surface area contributed by atoms with Crippen molar-refractivity contribution >= 4 is 46.4 Å². The first-order chi connectivity index (χ1) is 16.2. The number of rotatable bonds is 6. The molecule has 0 bridgehead atoms. The van der Waals surface area contributed by atoms with Gasteiger partial charge in [-0.3, -0.25) is 9.59 Å². The molecule has 0 aliphatic heterocycles. The Labute approximate surface area is 207 Å². The highest BCUT2D eigenvalue weighted by molar-refractivity contribution is 6.40. The molecule has 2 amide bonds. The molecule has 0 spiro atoms. The van der Waals surface area contributed by atoms with Gasteiger partial charge in [-0.15, -0.1) is 0 Å². The van der Waals surface area contributed by atoms with Crippen molar-refractivity contribution in [1.82, 2.24) is 19.9 Å². The van der Waals surface area contributed by atoms with E-state index in [2.05, 4.69) is 20.7 Å². The second-order valence-electron chi connectivity index (χ2n) is 8.14. The number of carbonyl (C=O) groups excluding carboxylic acids is 2. The van der Waals surface area contributed by atoms with E-state index in [-0.39, 0.29) is 23.4 Å². The average molecular weight is 496 g/mol. The summed E-state index contributed by atoms with van der Waals surface area (Å²) in [4.78, 5) is 29.7. The van der Waals surface area contributed by atoms with Crippen LogP contribution in [0.4, 0.5) is 5.69 Å². The lowest BCUT2D eigenvalue weighted by Crippen LogP contribution is -2.34. The Balaban J connectivity index is 1.38. The first kappa shape index (κ1) is 23.7. The van der Waals surface area contributed by atoms with Gasteiger partial charge < -0.3 is 10.6 Å². The molecule has 2 N–H and O–H groups in total. The number of hydrogen-bond donors (Lipinski definition) is 2. The summed E-state index contributed by atoms with van der Waals surface area (Å²) in [5.41, 5.74) is 4.64. The van der Waals surface area contributed by atoms with Gasteiger partial charge in [-0.25, -0.2) is 9.50 Å². The van der Waals surface area contributed by atoms with E-state index in [4.69, 9.17) is 23.2 Å². The lowest BCUT2D eigenvalue weighted by Gasteiger charge is -2.15. The fraction of sp³-hybridized carbons (Fsp3) is 0.200. The average Bonchev–Trinajstić information content (AvgIpc) is 3.16. The largest absolute Gasteiger partial charge is 0.349 e. The summed E-state index contributed by atoms with van der Waals surface area (Å²) in [6.45, 7) is 5.68. The predicted octanol–water partition coefficient (Wildman–Crippen LogP) is 5.27. The summed E-state index contributed by atoms with van der Waals surface area (Å²) < 4.78 is 1.68. The van der Waals surface area contributed by atoms with E-state index in [1.807, 2.05) is 39.0 Å². The molecule has 0 aliphatic carbocycles. The second-order valence-corrected chi connectivity index (χ2v) is 8.95. The molecule has 0 saturated carbocycles. The van der Waals surface area contributed by atoms with Crippen molar-refractivity contribution < 1.29 is 9.59 Å². The molecule has 34 heavy (non-hydrogen) atoms. The number of aromatic nitrogens is 3. The molecule has 0 fully saturated rings. The third kappa shape index (κ3) is 5.05. The Morgan fingerprint density at radius 2 is 1.71 bits per heavy atom. The van der Waals surface area contributed by atoms with E-state index >= 15 is 0 Å². The summed E-state index contributed by atoms with van der Waals surface area (Å²) >= 11 is 12.2. The molecule has 9 heteroatoms. The van der Waals surface area contributed by atoms with Crippen molar-refractivity contribution in [2.75, 3.05) is 5.32 Å². The molecule has 2 heterocycles. The van der Waals surface area contributed by atoms with E-state index in [0.717, 1.165) is 17.0 Å². The number of fused-ring (bicyclic) bond motifs is 1. The van der Waals surface area contributed by atoms with Crippen LogP contribution in [0.15, 0.2) is 54.7 Å². The molecule has 2 aromatic carbocycles. The fourth-order valence-corrected chi connectivity index (χ4v) is 4.29. The molecule has 7 nitrogen and oxygen atoms in total. The topological polar surface area (TPSA) is 88.4 Å². The zero-order chi connectivity index (χ0) is 24.4. The van der Waals surface area contributed by atoms with Crippen molar-refractivity contribution in [2.45, 2.75) is 33.2 Å². The summed E-state index contributed by atoms with van der Waals surface area (Å²) in [6, 6.07) is 14.1. The maximum atomic E-state index is 12.8. The third-order valence-electron chi connectivity index (χ3n) is 5.41. The van der Waals surface area contributed by atoms with Gasteiger partial charge in [0, 0.05) is 24.0 Å². The molecule has 174 valence electrons. The minimum absolute atomic E-state index is 0.121. The van der Waals surface area contributed by atoms with Crippen molar-refractivity contribution in [2.24, 2.45) is 0 Å². The van der Waals surface area contributed by atoms with Crippen molar-refractivity contribution in [1.29, 1.82) is 0 Å². The molecule has 4 rings (SSSR count). The zero-order valence-electron chi connectivity index (χ0n) is 18.9. The normalized spacial score (nSPS) is 11.9. The zero-order valence-corrected chi connectivity index (χ0v) is 20.4. The monoisotopic (exact) mass is 495 g/mol. The first-order valence-electron chi connectivity index (χ1n) is 10.7. The third-order valence-corrected chi connectivity index (χ3v) is 6.04. The number of carbonyl (C=O) groups is 2. The minimum Gasteiger partial charge on any atom is -0.349 e. The van der Waals surface area contributed by atoms with Gasteiger partial charge >= 0.3 is 0 Å². The number of hydrogen-bond acceptors (Lipinski definition) is 4. The Kier molecular flexibility index (Phi) is 6.86. The summed E-state index contributed by atoms with van der Waals surface area (Å²) in [7, 11) is 0. The molecule has 0 saturated heterocycles. The molecule has 4 aromatic rings. The second kappa shape index (κ2) is 9.83. The number of halogens is 2. The standard InChI is InChI=1S/C25H23Cl2N5O2/c1-14(29-24(33)19-13-28-22-12-15(2)31-32(22)16(19)3)11-17-7-9-18(10-8-17)30-25(34)23-20(26)5-4-6-21(23)27/h4-10,12-14H,11H2,1-3H3,(H,29,33)(H,30,34). The van der Waals surface area contributed by atoms with E-state index in [1.165, 1.54) is 0 Å². The van der Waals surface area contributed by atoms with Crippen molar-refractivity contribution in [3.63, 3.8) is 0 Å². The van der Waals surface area contributed by atoms with Crippen LogP contribution in [0.2, 0.25) is 10.0 Å². The van der Waals surface area contributed by atoms with Crippen LogP contribution in [0.5, 0.6) is 0 Å². The molecule has 1 unspecified atom stereocenters. The fourth-order valence-electron chi connectivity index (χ4n) is 3.72. The van der Waals surface area contributed by atoms with E-state index < -0.39 is 0 Å². The first-order valence-corrected chi connectivity index (χ1v) is 11.5. The molecule has 0 aliphatic rings. The Bertz CT molecular complexity index is 1360. The Morgan fingerprint density at radius 1 is 1.03 bits per heavy atom. The lowest BCUT2D eigenvalue weighted by molar-refractivity contribution is 0.0937. The number of amides is 2. The number of anilines is 1. The van der Waals surface area contributed by atoms with Crippen LogP contribution in [-0.2, 0) is 6.42 Å². The Morgan fingerprint density at radius 3 is 2.38 bits per heavy atom. The summed E-state index contributed by atoms with van der Waals surface area (Å²) in [6.07, 6.45) is 2.20. The smallest absolute Gasteiger partial charge is 0.258 e. The molecular formula is C25H23Cl2N5O2. The number of nitrogens with one attached hydrogen (secondary N) is 2. The predicted molar refractivity (Wildman–Crippen MR) is 134 cm³/mol. The van der Waals surface area contributed by atoms with Crippen molar-refractivity contribution in [3.05, 3.63) is 92.9 Å². The van der Waals surface area contributed by atoms with Crippen LogP contribution in [0.1, 0.15) is 44.6 Å². The van der Waals surface area contributed by atoms with E-state index in [1.54, 1.807) is 41.0 Å². The minimum atomic E-state index is -0.377. The highest BCUT2D eigenvalue weighted by atomic mass is 35.5. The van der Waals surface area contributed by atoms with Crippen LogP contribution in [-0.4, -0.2) is 32.5 Å². The molecular weight excluding hydrogens is 473 g/mol. The number of nitrogens with zero attached hydrogens (tertiary/aromatic N) is 3. The van der Waals surface area contributed by atoms with Crippen molar-refractivity contribution in [3.8, 4) is 0 Å².